The molecule has 1 saturated heterocycles. The maximum Gasteiger partial charge on any atom is 0.254 e. The first-order valence-electron chi connectivity index (χ1n) is 9.25. The minimum atomic E-state index is -3.80. The number of rotatable bonds is 6. The van der Waals surface area contributed by atoms with Crippen molar-refractivity contribution in [3.8, 4) is 0 Å². The molecule has 1 heterocycles. The van der Waals surface area contributed by atoms with Gasteiger partial charge in [0.1, 0.15) is 5.82 Å². The fraction of sp³-hybridized carbons (Fsp3) is 0.350. The van der Waals surface area contributed by atoms with Gasteiger partial charge in [0.2, 0.25) is 10.0 Å². The van der Waals surface area contributed by atoms with Gasteiger partial charge in [-0.15, -0.1) is 0 Å². The minimum absolute atomic E-state index is 0.00913. The first kappa shape index (κ1) is 20.4. The average molecular weight is 405 g/mol. The molecule has 0 bridgehead atoms. The molecule has 6 nitrogen and oxygen atoms in total. The van der Waals surface area contributed by atoms with Crippen LogP contribution in [0.4, 0.5) is 4.39 Å². The molecule has 0 unspecified atom stereocenters. The van der Waals surface area contributed by atoms with Crippen molar-refractivity contribution in [2.45, 2.75) is 30.2 Å². The van der Waals surface area contributed by atoms with Crippen molar-refractivity contribution < 1.29 is 17.6 Å². The number of carbonyl (C=O) groups excluding carboxylic acids is 1. The molecule has 1 aliphatic heterocycles. The second-order valence-electron chi connectivity index (χ2n) is 6.87. The lowest BCUT2D eigenvalue weighted by atomic mass is 10.1. The first-order chi connectivity index (χ1) is 13.4. The first-order valence-corrected chi connectivity index (χ1v) is 10.7. The minimum Gasteiger partial charge on any atom is -0.352 e. The summed E-state index contributed by atoms with van der Waals surface area (Å²) in [5.74, 6) is -1.42. The monoisotopic (exact) mass is 405 g/mol. The van der Waals surface area contributed by atoms with Gasteiger partial charge in [-0.1, -0.05) is 30.3 Å². The lowest BCUT2D eigenvalue weighted by Crippen LogP contribution is -2.42. The molecule has 0 aromatic heterocycles. The number of amides is 1. The van der Waals surface area contributed by atoms with Gasteiger partial charge in [-0.3, -0.25) is 4.79 Å². The third kappa shape index (κ3) is 4.76. The van der Waals surface area contributed by atoms with Gasteiger partial charge in [0.25, 0.3) is 5.91 Å². The van der Waals surface area contributed by atoms with E-state index in [4.69, 9.17) is 5.73 Å². The molecule has 0 atom stereocenters. The number of hydrogen-bond acceptors (Lipinski definition) is 4. The number of hydrogen-bond donors (Lipinski definition) is 2. The van der Waals surface area contributed by atoms with Crippen LogP contribution in [0.15, 0.2) is 53.4 Å². The third-order valence-corrected chi connectivity index (χ3v) is 6.76. The predicted molar refractivity (Wildman–Crippen MR) is 105 cm³/mol. The van der Waals surface area contributed by atoms with Crippen molar-refractivity contribution in [3.63, 3.8) is 0 Å². The van der Waals surface area contributed by atoms with E-state index in [1.165, 1.54) is 16.4 Å². The molecule has 0 saturated carbocycles. The smallest absolute Gasteiger partial charge is 0.254 e. The Morgan fingerprint density at radius 1 is 1.14 bits per heavy atom. The van der Waals surface area contributed by atoms with E-state index in [-0.39, 0.29) is 16.5 Å². The molecule has 2 aromatic carbocycles. The molecule has 0 radical (unpaired) electrons. The number of sulfonamides is 1. The summed E-state index contributed by atoms with van der Waals surface area (Å²) in [6, 6.07) is 13.0. The number of nitrogens with one attached hydrogen (secondary N) is 1. The number of nitrogens with two attached hydrogens (primary N) is 1. The van der Waals surface area contributed by atoms with E-state index in [0.717, 1.165) is 11.6 Å². The molecule has 3 rings (SSSR count). The van der Waals surface area contributed by atoms with Gasteiger partial charge in [-0.2, -0.15) is 4.31 Å². The Kier molecular flexibility index (Phi) is 6.43. The van der Waals surface area contributed by atoms with Crippen LogP contribution in [0.25, 0.3) is 0 Å². The van der Waals surface area contributed by atoms with E-state index in [9.17, 15) is 17.6 Å². The Hall–Kier alpha value is -2.29. The summed E-state index contributed by atoms with van der Waals surface area (Å²) >= 11 is 0. The second kappa shape index (κ2) is 8.81. The summed E-state index contributed by atoms with van der Waals surface area (Å²) in [7, 11) is -3.80. The summed E-state index contributed by atoms with van der Waals surface area (Å²) < 4.78 is 41.1. The van der Waals surface area contributed by atoms with Crippen LogP contribution in [0.3, 0.4) is 0 Å². The molecule has 1 fully saturated rings. The van der Waals surface area contributed by atoms with E-state index >= 15 is 0 Å². The van der Waals surface area contributed by atoms with Gasteiger partial charge in [0.05, 0.1) is 10.5 Å². The van der Waals surface area contributed by atoms with Crippen molar-refractivity contribution in [2.75, 3.05) is 19.6 Å². The number of carbonyl (C=O) groups is 1. The molecule has 0 spiro atoms. The highest BCUT2D eigenvalue weighted by atomic mass is 32.2. The summed E-state index contributed by atoms with van der Waals surface area (Å²) in [5.41, 5.74) is 6.69. The molecule has 1 amide bonds. The Balaban J connectivity index is 1.65. The molecule has 8 heteroatoms. The Labute approximate surface area is 164 Å². The molecule has 150 valence electrons. The summed E-state index contributed by atoms with van der Waals surface area (Å²) in [6.45, 7) is 0.982. The zero-order valence-corrected chi connectivity index (χ0v) is 16.3. The Morgan fingerprint density at radius 3 is 2.46 bits per heavy atom. The lowest BCUT2D eigenvalue weighted by molar-refractivity contribution is 0.0950. The van der Waals surface area contributed by atoms with Gasteiger partial charge < -0.3 is 11.1 Å². The van der Waals surface area contributed by atoms with Crippen LogP contribution in [0, 0.1) is 5.82 Å². The van der Waals surface area contributed by atoms with Gasteiger partial charge >= 0.3 is 0 Å². The van der Waals surface area contributed by atoms with Crippen LogP contribution < -0.4 is 11.1 Å². The van der Waals surface area contributed by atoms with E-state index in [2.05, 4.69) is 5.32 Å². The zero-order chi connectivity index (χ0) is 20.1. The molecule has 3 N–H and O–H groups in total. The van der Waals surface area contributed by atoms with Crippen LogP contribution >= 0.6 is 0 Å². The summed E-state index contributed by atoms with van der Waals surface area (Å²) in [5, 5.41) is 2.66. The number of piperidine rings is 1. The van der Waals surface area contributed by atoms with Crippen molar-refractivity contribution >= 4 is 15.9 Å². The lowest BCUT2D eigenvalue weighted by Gasteiger charge is -2.29. The Morgan fingerprint density at radius 2 is 1.82 bits per heavy atom. The highest BCUT2D eigenvalue weighted by molar-refractivity contribution is 7.89. The Bertz CT molecular complexity index is 927. The van der Waals surface area contributed by atoms with Gasteiger partial charge in [0.15, 0.2) is 0 Å². The van der Waals surface area contributed by atoms with Gasteiger partial charge in [-0.05, 0) is 43.0 Å². The molecule has 0 aliphatic carbocycles. The van der Waals surface area contributed by atoms with Crippen LogP contribution in [-0.2, 0) is 16.4 Å². The number of nitrogens with zero attached hydrogens (tertiary/aromatic N) is 1. The summed E-state index contributed by atoms with van der Waals surface area (Å²) in [6.07, 6.45) is 1.77. The molecule has 1 aliphatic rings. The standard InChI is InChI=1S/C20H24FN3O3S/c21-19-14-17(28(26,27)24-12-9-16(22)10-13-24)6-7-18(19)20(25)23-11-8-15-4-2-1-3-5-15/h1-7,14,16H,8-13,22H2,(H,23,25). The van der Waals surface area contributed by atoms with E-state index in [1.54, 1.807) is 0 Å². The number of halogens is 1. The average Bonchev–Trinajstić information content (AvgIpc) is 2.69. The quantitative estimate of drug-likeness (QED) is 0.768. The van der Waals surface area contributed by atoms with E-state index in [0.29, 0.717) is 38.9 Å². The van der Waals surface area contributed by atoms with Crippen molar-refractivity contribution in [3.05, 3.63) is 65.5 Å². The van der Waals surface area contributed by atoms with Gasteiger partial charge in [-0.25, -0.2) is 12.8 Å². The molecular weight excluding hydrogens is 381 g/mol. The van der Waals surface area contributed by atoms with Crippen LogP contribution in [0.2, 0.25) is 0 Å². The van der Waals surface area contributed by atoms with Crippen LogP contribution in [0.1, 0.15) is 28.8 Å². The van der Waals surface area contributed by atoms with Crippen molar-refractivity contribution in [2.24, 2.45) is 5.73 Å². The predicted octanol–water partition coefficient (Wildman–Crippen LogP) is 1.91. The SMILES string of the molecule is NC1CCN(S(=O)(=O)c2ccc(C(=O)NCCc3ccccc3)c(F)c2)CC1. The summed E-state index contributed by atoms with van der Waals surface area (Å²) in [4.78, 5) is 12.1. The van der Waals surface area contributed by atoms with Gasteiger partial charge in [0, 0.05) is 25.7 Å². The largest absolute Gasteiger partial charge is 0.352 e. The molecule has 2 aromatic rings. The van der Waals surface area contributed by atoms with Crippen LogP contribution in [0.5, 0.6) is 0 Å². The topological polar surface area (TPSA) is 92.5 Å². The zero-order valence-electron chi connectivity index (χ0n) is 15.5. The molecular formula is C20H24FN3O3S. The maximum absolute atomic E-state index is 14.4. The number of benzene rings is 2. The molecule has 28 heavy (non-hydrogen) atoms. The normalized spacial score (nSPS) is 16.1. The maximum atomic E-state index is 14.4. The highest BCUT2D eigenvalue weighted by Gasteiger charge is 2.29. The second-order valence-corrected chi connectivity index (χ2v) is 8.81. The van der Waals surface area contributed by atoms with E-state index in [1.807, 2.05) is 30.3 Å². The van der Waals surface area contributed by atoms with Crippen molar-refractivity contribution in [1.29, 1.82) is 0 Å². The van der Waals surface area contributed by atoms with Crippen molar-refractivity contribution in [1.82, 2.24) is 9.62 Å². The fourth-order valence-corrected chi connectivity index (χ4v) is 4.65. The fourth-order valence-electron chi connectivity index (χ4n) is 3.17. The van der Waals surface area contributed by atoms with E-state index < -0.39 is 21.7 Å². The highest BCUT2D eigenvalue weighted by Crippen LogP contribution is 2.22. The third-order valence-electron chi connectivity index (χ3n) is 4.86. The van der Waals surface area contributed by atoms with Crippen LogP contribution in [-0.4, -0.2) is 44.3 Å².